The van der Waals surface area contributed by atoms with Gasteiger partial charge in [-0.05, 0) is 76.3 Å². The smallest absolute Gasteiger partial charge is 0.435 e. The second-order valence-corrected chi connectivity index (χ2v) is 11.4. The van der Waals surface area contributed by atoms with E-state index in [-0.39, 0.29) is 29.1 Å². The van der Waals surface area contributed by atoms with Crippen molar-refractivity contribution in [2.24, 2.45) is 5.73 Å². The lowest BCUT2D eigenvalue weighted by Crippen LogP contribution is -2.26. The first-order chi connectivity index (χ1) is 18.8. The molecular weight excluding hydrogens is 543 g/mol. The summed E-state index contributed by atoms with van der Waals surface area (Å²) in [4.78, 5) is 28.4. The van der Waals surface area contributed by atoms with Gasteiger partial charge >= 0.3 is 12.1 Å². The van der Waals surface area contributed by atoms with E-state index in [9.17, 15) is 22.8 Å². The first-order valence-corrected chi connectivity index (χ1v) is 14.0. The number of nitrogens with one attached hydrogen (secondary N) is 1. The topological polar surface area (TPSA) is 102 Å². The van der Waals surface area contributed by atoms with Crippen molar-refractivity contribution in [3.63, 3.8) is 0 Å². The van der Waals surface area contributed by atoms with Gasteiger partial charge in [-0.15, -0.1) is 11.8 Å². The Morgan fingerprint density at radius 2 is 1.85 bits per heavy atom. The number of amides is 1. The number of halogens is 3. The fraction of sp³-hybridized carbons (Fsp3) is 0.393. The van der Waals surface area contributed by atoms with Gasteiger partial charge in [0, 0.05) is 36.1 Å². The van der Waals surface area contributed by atoms with Crippen molar-refractivity contribution < 1.29 is 27.5 Å². The van der Waals surface area contributed by atoms with Crippen molar-refractivity contribution in [3.8, 4) is 5.69 Å². The van der Waals surface area contributed by atoms with Gasteiger partial charge in [0.1, 0.15) is 11.3 Å². The number of carbonyl (C=O) groups is 2. The molecule has 1 atom stereocenters. The molecular formula is C28H32F3N5O3S. The second kappa shape index (κ2) is 11.5. The molecule has 1 aromatic heterocycles. The van der Waals surface area contributed by atoms with Gasteiger partial charge in [0.15, 0.2) is 5.69 Å². The average Bonchev–Trinajstić information content (AvgIpc) is 3.55. The molecule has 1 unspecified atom stereocenters. The molecule has 214 valence electrons. The number of nitrogens with zero attached hydrogens (tertiary/aromatic N) is 3. The summed E-state index contributed by atoms with van der Waals surface area (Å²) in [6.45, 7) is 5.81. The number of nitrogens with two attached hydrogens (primary N) is 1. The van der Waals surface area contributed by atoms with Gasteiger partial charge in [0.05, 0.1) is 16.6 Å². The summed E-state index contributed by atoms with van der Waals surface area (Å²) < 4.78 is 47.4. The van der Waals surface area contributed by atoms with Crippen molar-refractivity contribution in [2.75, 3.05) is 23.0 Å². The molecule has 4 rings (SSSR count). The molecule has 3 N–H and O–H groups in total. The van der Waals surface area contributed by atoms with E-state index >= 15 is 0 Å². The average molecular weight is 576 g/mol. The maximum Gasteiger partial charge on any atom is 0.435 e. The molecule has 1 aliphatic rings. The third kappa shape index (κ3) is 6.44. The Labute approximate surface area is 235 Å². The summed E-state index contributed by atoms with van der Waals surface area (Å²) >= 11 is 1.78. The summed E-state index contributed by atoms with van der Waals surface area (Å²) in [5.41, 5.74) is 5.27. The first kappa shape index (κ1) is 29.5. The number of hydrogen-bond acceptors (Lipinski definition) is 7. The highest BCUT2D eigenvalue weighted by Gasteiger charge is 2.37. The van der Waals surface area contributed by atoms with Crippen LogP contribution in [0.1, 0.15) is 65.7 Å². The standard InChI is InChI=1S/C28H32F3N5O3S/c1-27(2,3)39-26(38)19-7-5-8-21(20(19)16-32)36-22(15-23(34-36)28(29,30)31)25(37)33-17-10-12-18(13-11-17)35-14-6-9-24(35)40-4/h5,7-8,10-13,15,24H,6,9,14,16,32H2,1-4H3,(H,33,37). The van der Waals surface area contributed by atoms with E-state index < -0.39 is 29.3 Å². The number of alkyl halides is 3. The van der Waals surface area contributed by atoms with Crippen LogP contribution in [-0.4, -0.2) is 45.4 Å². The maximum absolute atomic E-state index is 13.7. The molecule has 0 spiro atoms. The summed E-state index contributed by atoms with van der Waals surface area (Å²) in [6, 6.07) is 12.2. The Kier molecular flexibility index (Phi) is 8.50. The van der Waals surface area contributed by atoms with E-state index in [1.54, 1.807) is 44.7 Å². The summed E-state index contributed by atoms with van der Waals surface area (Å²) in [5.74, 6) is -1.49. The predicted molar refractivity (Wildman–Crippen MR) is 150 cm³/mol. The Bertz CT molecular complexity index is 1380. The molecule has 2 heterocycles. The molecule has 0 saturated carbocycles. The van der Waals surface area contributed by atoms with Crippen LogP contribution in [0.25, 0.3) is 5.69 Å². The lowest BCUT2D eigenvalue weighted by Gasteiger charge is -2.25. The number of carbonyl (C=O) groups excluding carboxylic acids is 2. The lowest BCUT2D eigenvalue weighted by molar-refractivity contribution is -0.141. The maximum atomic E-state index is 13.7. The normalized spacial score (nSPS) is 15.8. The number of aromatic nitrogens is 2. The molecule has 12 heteroatoms. The number of esters is 1. The highest BCUT2D eigenvalue weighted by Crippen LogP contribution is 2.33. The Hall–Kier alpha value is -3.51. The first-order valence-electron chi connectivity index (χ1n) is 12.8. The molecule has 3 aromatic rings. The Morgan fingerprint density at radius 1 is 1.15 bits per heavy atom. The van der Waals surface area contributed by atoms with Crippen LogP contribution in [-0.2, 0) is 17.5 Å². The van der Waals surface area contributed by atoms with Crippen molar-refractivity contribution >= 4 is 35.0 Å². The molecule has 1 aliphatic heterocycles. The molecule has 0 aliphatic carbocycles. The van der Waals surface area contributed by atoms with Gasteiger partial charge in [0.2, 0.25) is 0 Å². The third-order valence-corrected chi connectivity index (χ3v) is 7.40. The minimum Gasteiger partial charge on any atom is -0.456 e. The van der Waals surface area contributed by atoms with Gasteiger partial charge in [-0.25, -0.2) is 9.48 Å². The van der Waals surface area contributed by atoms with Crippen LogP contribution in [0.3, 0.4) is 0 Å². The van der Waals surface area contributed by atoms with Crippen molar-refractivity contribution in [2.45, 2.75) is 57.3 Å². The predicted octanol–water partition coefficient (Wildman–Crippen LogP) is 5.85. The van der Waals surface area contributed by atoms with E-state index in [1.807, 2.05) is 12.1 Å². The SMILES string of the molecule is CSC1CCCN1c1ccc(NC(=O)c2cc(C(F)(F)F)nn2-c2cccc(C(=O)OC(C)(C)C)c2CN)cc1. The van der Waals surface area contributed by atoms with Crippen LogP contribution in [0, 0.1) is 0 Å². The van der Waals surface area contributed by atoms with E-state index in [1.165, 1.54) is 18.2 Å². The molecule has 1 saturated heterocycles. The van der Waals surface area contributed by atoms with E-state index in [0.29, 0.717) is 17.1 Å². The van der Waals surface area contributed by atoms with Crippen LogP contribution in [0.15, 0.2) is 48.5 Å². The Morgan fingerprint density at radius 3 is 2.45 bits per heavy atom. The summed E-state index contributed by atoms with van der Waals surface area (Å²) in [5, 5.41) is 6.74. The fourth-order valence-corrected chi connectivity index (χ4v) is 5.47. The van der Waals surface area contributed by atoms with Crippen LogP contribution < -0.4 is 16.0 Å². The van der Waals surface area contributed by atoms with Gasteiger partial charge in [0.25, 0.3) is 5.91 Å². The zero-order chi connectivity index (χ0) is 29.2. The highest BCUT2D eigenvalue weighted by molar-refractivity contribution is 7.99. The van der Waals surface area contributed by atoms with Crippen LogP contribution in [0.2, 0.25) is 0 Å². The molecule has 0 bridgehead atoms. The highest BCUT2D eigenvalue weighted by atomic mass is 32.2. The van der Waals surface area contributed by atoms with Crippen molar-refractivity contribution in [1.29, 1.82) is 0 Å². The molecule has 2 aromatic carbocycles. The van der Waals surface area contributed by atoms with Crippen LogP contribution in [0.4, 0.5) is 24.5 Å². The number of ether oxygens (including phenoxy) is 1. The molecule has 8 nitrogen and oxygen atoms in total. The summed E-state index contributed by atoms with van der Waals surface area (Å²) in [7, 11) is 0. The number of anilines is 2. The fourth-order valence-electron chi connectivity index (χ4n) is 4.58. The van der Waals surface area contributed by atoms with E-state index in [4.69, 9.17) is 10.5 Å². The number of benzene rings is 2. The number of hydrogen-bond donors (Lipinski definition) is 2. The minimum atomic E-state index is -4.81. The minimum absolute atomic E-state index is 0.0685. The summed E-state index contributed by atoms with van der Waals surface area (Å²) in [6.07, 6.45) is -0.563. The number of thioether (sulfide) groups is 1. The van der Waals surface area contributed by atoms with Crippen molar-refractivity contribution in [1.82, 2.24) is 9.78 Å². The zero-order valence-corrected chi connectivity index (χ0v) is 23.5. The molecule has 40 heavy (non-hydrogen) atoms. The molecule has 1 amide bonds. The zero-order valence-electron chi connectivity index (χ0n) is 22.7. The van der Waals surface area contributed by atoms with Crippen LogP contribution in [0.5, 0.6) is 0 Å². The lowest BCUT2D eigenvalue weighted by atomic mass is 10.0. The Balaban J connectivity index is 1.69. The van der Waals surface area contributed by atoms with E-state index in [2.05, 4.69) is 21.6 Å². The van der Waals surface area contributed by atoms with E-state index in [0.717, 1.165) is 29.8 Å². The quantitative estimate of drug-likeness (QED) is 0.341. The van der Waals surface area contributed by atoms with Gasteiger partial charge in [-0.1, -0.05) is 6.07 Å². The van der Waals surface area contributed by atoms with Gasteiger partial charge in [-0.3, -0.25) is 4.79 Å². The number of rotatable bonds is 7. The molecule has 1 fully saturated rings. The monoisotopic (exact) mass is 575 g/mol. The molecule has 0 radical (unpaired) electrons. The third-order valence-electron chi connectivity index (χ3n) is 6.36. The van der Waals surface area contributed by atoms with Crippen LogP contribution >= 0.6 is 11.8 Å². The second-order valence-electron chi connectivity index (χ2n) is 10.4. The van der Waals surface area contributed by atoms with Crippen molar-refractivity contribution in [3.05, 3.63) is 71.0 Å². The van der Waals surface area contributed by atoms with Gasteiger partial charge < -0.3 is 20.7 Å². The van der Waals surface area contributed by atoms with Gasteiger partial charge in [-0.2, -0.15) is 18.3 Å². The largest absolute Gasteiger partial charge is 0.456 e.